The minimum Gasteiger partial charge on any atom is -0.508 e. The van der Waals surface area contributed by atoms with Gasteiger partial charge in [0.15, 0.2) is 0 Å². The van der Waals surface area contributed by atoms with Gasteiger partial charge in [-0.1, -0.05) is 25.4 Å². The number of anilines is 1. The number of hydrogen-bond donors (Lipinski definition) is 2. The first-order chi connectivity index (χ1) is 11.6. The third kappa shape index (κ3) is 4.74. The minimum atomic E-state index is -3.83. The first kappa shape index (κ1) is 19.3. The van der Waals surface area contributed by atoms with E-state index in [1.54, 1.807) is 26.0 Å². The van der Waals surface area contributed by atoms with Gasteiger partial charge < -0.3 is 10.4 Å². The number of hydrogen-bond acceptors (Lipinski definition) is 3. The molecule has 7 heteroatoms. The number of benzene rings is 2. The van der Waals surface area contributed by atoms with E-state index in [1.807, 2.05) is 13.8 Å². The average molecular weight is 381 g/mol. The number of sulfonamides is 1. The molecule has 0 bridgehead atoms. The quantitative estimate of drug-likeness (QED) is 0.458. The molecular formula is C18H21ClN2O3S. The lowest BCUT2D eigenvalue weighted by molar-refractivity contribution is 0.470. The molecule has 0 spiro atoms. The summed E-state index contributed by atoms with van der Waals surface area (Å²) in [5, 5.41) is 13.4. The van der Waals surface area contributed by atoms with E-state index < -0.39 is 10.0 Å². The van der Waals surface area contributed by atoms with Crippen molar-refractivity contribution in [2.24, 2.45) is 4.40 Å². The zero-order valence-corrected chi connectivity index (χ0v) is 16.1. The van der Waals surface area contributed by atoms with Gasteiger partial charge in [0.25, 0.3) is 10.0 Å². The largest absolute Gasteiger partial charge is 0.508 e. The van der Waals surface area contributed by atoms with Crippen LogP contribution < -0.4 is 5.32 Å². The number of nitrogens with one attached hydrogen (secondary N) is 1. The van der Waals surface area contributed by atoms with Crippen LogP contribution in [-0.4, -0.2) is 19.4 Å². The molecule has 0 saturated carbocycles. The summed E-state index contributed by atoms with van der Waals surface area (Å²) in [6, 6.07) is 9.30. The van der Waals surface area contributed by atoms with Crippen LogP contribution in [0.4, 0.5) is 5.69 Å². The van der Waals surface area contributed by atoms with Crippen molar-refractivity contribution in [3.8, 4) is 5.75 Å². The molecule has 0 fully saturated rings. The lowest BCUT2D eigenvalue weighted by Crippen LogP contribution is -2.13. The van der Waals surface area contributed by atoms with Crippen LogP contribution in [-0.2, 0) is 10.0 Å². The van der Waals surface area contributed by atoms with Crippen molar-refractivity contribution in [3.63, 3.8) is 0 Å². The average Bonchev–Trinajstić information content (AvgIpc) is 2.50. The minimum absolute atomic E-state index is 0.0732. The van der Waals surface area contributed by atoms with E-state index in [9.17, 15) is 13.5 Å². The van der Waals surface area contributed by atoms with Crippen molar-refractivity contribution >= 4 is 33.1 Å². The van der Waals surface area contributed by atoms with Gasteiger partial charge >= 0.3 is 0 Å². The topological polar surface area (TPSA) is 78.8 Å². The molecule has 0 amide bonds. The van der Waals surface area contributed by atoms with E-state index in [1.165, 1.54) is 24.3 Å². The van der Waals surface area contributed by atoms with E-state index in [-0.39, 0.29) is 22.4 Å². The van der Waals surface area contributed by atoms with Crippen LogP contribution in [0, 0.1) is 6.92 Å². The maximum atomic E-state index is 12.4. The fourth-order valence-electron chi connectivity index (χ4n) is 2.36. The highest BCUT2D eigenvalue weighted by atomic mass is 35.5. The van der Waals surface area contributed by atoms with Crippen molar-refractivity contribution in [1.82, 2.24) is 0 Å². The molecule has 134 valence electrons. The van der Waals surface area contributed by atoms with Gasteiger partial charge in [-0.15, -0.1) is 4.40 Å². The highest BCUT2D eigenvalue weighted by Crippen LogP contribution is 2.31. The molecule has 2 rings (SSSR count). The molecule has 2 aromatic rings. The second kappa shape index (κ2) is 7.45. The Balaban J connectivity index is 2.36. The van der Waals surface area contributed by atoms with Crippen LogP contribution in [0.5, 0.6) is 5.75 Å². The lowest BCUT2D eigenvalue weighted by Gasteiger charge is -2.16. The molecular weight excluding hydrogens is 360 g/mol. The second-order valence-electron chi connectivity index (χ2n) is 6.11. The number of aromatic hydroxyl groups is 1. The Morgan fingerprint density at radius 3 is 2.36 bits per heavy atom. The summed E-state index contributed by atoms with van der Waals surface area (Å²) < 4.78 is 28.6. The van der Waals surface area contributed by atoms with Crippen LogP contribution >= 0.6 is 11.6 Å². The normalized spacial score (nSPS) is 12.5. The molecule has 0 heterocycles. The molecule has 0 radical (unpaired) electrons. The zero-order chi connectivity index (χ0) is 18.8. The molecule has 0 unspecified atom stereocenters. The fraction of sp³-hybridized carbons (Fsp3) is 0.278. The van der Waals surface area contributed by atoms with Gasteiger partial charge in [0.05, 0.1) is 4.90 Å². The number of rotatable bonds is 4. The van der Waals surface area contributed by atoms with Crippen LogP contribution in [0.15, 0.2) is 45.7 Å². The van der Waals surface area contributed by atoms with Crippen LogP contribution in [0.2, 0.25) is 5.02 Å². The smallest absolute Gasteiger partial charge is 0.283 e. The Kier molecular flexibility index (Phi) is 5.75. The van der Waals surface area contributed by atoms with Crippen molar-refractivity contribution in [1.29, 1.82) is 0 Å². The van der Waals surface area contributed by atoms with Gasteiger partial charge in [-0.25, -0.2) is 0 Å². The summed E-state index contributed by atoms with van der Waals surface area (Å²) in [6.45, 7) is 7.35. The van der Waals surface area contributed by atoms with E-state index in [0.29, 0.717) is 10.6 Å². The first-order valence-corrected chi connectivity index (χ1v) is 9.59. The number of phenolic OH excluding ortho intramolecular Hbond substituents is 1. The standard InChI is InChI=1S/C18H21ClN2O3S/c1-11(2)16-10-18(22)12(3)9-17(16)20-13(4)21-25(23,24)15-7-5-14(19)6-8-15/h5-11,22H,1-4H3,(H,20,21). The number of phenols is 1. The molecule has 0 aliphatic rings. The Hall–Kier alpha value is -2.05. The highest BCUT2D eigenvalue weighted by molar-refractivity contribution is 7.90. The van der Waals surface area contributed by atoms with E-state index in [0.717, 1.165) is 11.3 Å². The van der Waals surface area contributed by atoms with E-state index >= 15 is 0 Å². The van der Waals surface area contributed by atoms with Gasteiger partial charge in [-0.3, -0.25) is 0 Å². The molecule has 0 atom stereocenters. The van der Waals surface area contributed by atoms with Crippen LogP contribution in [0.25, 0.3) is 0 Å². The van der Waals surface area contributed by atoms with Crippen molar-refractivity contribution < 1.29 is 13.5 Å². The third-order valence-corrected chi connectivity index (χ3v) is 5.31. The summed E-state index contributed by atoms with van der Waals surface area (Å²) in [4.78, 5) is 0.0732. The fourth-order valence-corrected chi connectivity index (χ4v) is 3.47. The van der Waals surface area contributed by atoms with Crippen molar-refractivity contribution in [2.75, 3.05) is 5.32 Å². The molecule has 5 nitrogen and oxygen atoms in total. The Bertz CT molecular complexity index is 905. The SMILES string of the molecule is CC(=NS(=O)(=O)c1ccc(Cl)cc1)Nc1cc(C)c(O)cc1C(C)C. The van der Waals surface area contributed by atoms with Gasteiger partial charge in [-0.2, -0.15) is 8.42 Å². The Morgan fingerprint density at radius 1 is 1.20 bits per heavy atom. The van der Waals surface area contributed by atoms with Gasteiger partial charge in [0, 0.05) is 10.7 Å². The monoisotopic (exact) mass is 380 g/mol. The third-order valence-electron chi connectivity index (χ3n) is 3.67. The predicted molar refractivity (Wildman–Crippen MR) is 102 cm³/mol. The Morgan fingerprint density at radius 2 is 1.80 bits per heavy atom. The summed E-state index contributed by atoms with van der Waals surface area (Å²) in [6.07, 6.45) is 0. The zero-order valence-electron chi connectivity index (χ0n) is 14.5. The van der Waals surface area contributed by atoms with E-state index in [4.69, 9.17) is 11.6 Å². The van der Waals surface area contributed by atoms with Crippen molar-refractivity contribution in [3.05, 3.63) is 52.5 Å². The van der Waals surface area contributed by atoms with Crippen LogP contribution in [0.1, 0.15) is 37.8 Å². The molecule has 0 aliphatic carbocycles. The molecule has 0 saturated heterocycles. The summed E-state index contributed by atoms with van der Waals surface area (Å²) in [5.41, 5.74) is 2.29. The molecule has 2 aromatic carbocycles. The molecule has 25 heavy (non-hydrogen) atoms. The number of nitrogens with zero attached hydrogens (tertiary/aromatic N) is 1. The van der Waals surface area contributed by atoms with Crippen LogP contribution in [0.3, 0.4) is 0 Å². The van der Waals surface area contributed by atoms with Crippen molar-refractivity contribution in [2.45, 2.75) is 38.5 Å². The molecule has 0 aliphatic heterocycles. The van der Waals surface area contributed by atoms with Gasteiger partial charge in [-0.05, 0) is 67.3 Å². The summed E-state index contributed by atoms with van der Waals surface area (Å²) in [5.74, 6) is 0.592. The number of aryl methyl sites for hydroxylation is 1. The summed E-state index contributed by atoms with van der Waals surface area (Å²) >= 11 is 5.79. The molecule has 2 N–H and O–H groups in total. The Labute approximate surface area is 153 Å². The van der Waals surface area contributed by atoms with Gasteiger partial charge in [0.2, 0.25) is 0 Å². The van der Waals surface area contributed by atoms with E-state index in [2.05, 4.69) is 9.71 Å². The lowest BCUT2D eigenvalue weighted by atomic mass is 9.98. The predicted octanol–water partition coefficient (Wildman–Crippen LogP) is 4.70. The maximum Gasteiger partial charge on any atom is 0.283 e. The molecule has 0 aromatic heterocycles. The summed E-state index contributed by atoms with van der Waals surface area (Å²) in [7, 11) is -3.83. The van der Waals surface area contributed by atoms with Gasteiger partial charge in [0.1, 0.15) is 11.6 Å². The number of amidine groups is 1. The highest BCUT2D eigenvalue weighted by Gasteiger charge is 2.15. The number of halogens is 1. The second-order valence-corrected chi connectivity index (χ2v) is 8.15. The maximum absolute atomic E-state index is 12.4. The first-order valence-electron chi connectivity index (χ1n) is 7.78.